The van der Waals surface area contributed by atoms with E-state index < -0.39 is 0 Å². The van der Waals surface area contributed by atoms with Crippen molar-refractivity contribution in [1.82, 2.24) is 15.0 Å². The fraction of sp³-hybridized carbons (Fsp3) is 0. The fourth-order valence-electron chi connectivity index (χ4n) is 1.80. The van der Waals surface area contributed by atoms with Crippen molar-refractivity contribution < 1.29 is 9.84 Å². The van der Waals surface area contributed by atoms with Gasteiger partial charge < -0.3 is 9.84 Å². The summed E-state index contributed by atoms with van der Waals surface area (Å²) >= 11 is 0. The van der Waals surface area contributed by atoms with Crippen LogP contribution in [0.5, 0.6) is 11.5 Å². The Hall–Kier alpha value is -2.82. The first-order valence-electron chi connectivity index (χ1n) is 5.71. The predicted molar refractivity (Wildman–Crippen MR) is 71.4 cm³/mol. The summed E-state index contributed by atoms with van der Waals surface area (Å²) in [6.45, 7) is 3.49. The van der Waals surface area contributed by atoms with Gasteiger partial charge in [0.15, 0.2) is 0 Å². The second-order valence-electron chi connectivity index (χ2n) is 3.91. The summed E-state index contributed by atoms with van der Waals surface area (Å²) in [4.78, 5) is 1.38. The maximum Gasteiger partial charge on any atom is 0.143 e. The minimum absolute atomic E-state index is 0.0803. The maximum atomic E-state index is 9.90. The Morgan fingerprint density at radius 3 is 2.42 bits per heavy atom. The molecule has 19 heavy (non-hydrogen) atoms. The van der Waals surface area contributed by atoms with Crippen LogP contribution in [0.15, 0.2) is 55.3 Å². The highest BCUT2D eigenvalue weighted by atomic mass is 16.5. The first-order valence-corrected chi connectivity index (χ1v) is 5.71. The molecular weight excluding hydrogens is 242 g/mol. The number of phenolic OH excluding ortho intramolecular Hbond substituents is 1. The highest BCUT2D eigenvalue weighted by Crippen LogP contribution is 2.26. The van der Waals surface area contributed by atoms with Crippen LogP contribution < -0.4 is 4.74 Å². The van der Waals surface area contributed by atoms with Crippen LogP contribution in [0.1, 0.15) is 0 Å². The molecule has 1 aromatic heterocycles. The lowest BCUT2D eigenvalue weighted by molar-refractivity contribution is 0.457. The van der Waals surface area contributed by atoms with Crippen LogP contribution in [0.25, 0.3) is 16.7 Å². The molecule has 0 radical (unpaired) electrons. The van der Waals surface area contributed by atoms with Crippen LogP contribution >= 0.6 is 0 Å². The smallest absolute Gasteiger partial charge is 0.143 e. The van der Waals surface area contributed by atoms with Crippen molar-refractivity contribution in [2.75, 3.05) is 0 Å². The number of hydrogen-bond donors (Lipinski definition) is 1. The molecule has 0 saturated heterocycles. The molecule has 0 unspecified atom stereocenters. The molecule has 0 spiro atoms. The summed E-state index contributed by atoms with van der Waals surface area (Å²) in [6, 6.07) is 12.3. The molecular formula is C14H11N3O2. The topological polar surface area (TPSA) is 60.2 Å². The third kappa shape index (κ3) is 2.01. The predicted octanol–water partition coefficient (Wildman–Crippen LogP) is 2.65. The van der Waals surface area contributed by atoms with Gasteiger partial charge in [0.25, 0.3) is 0 Å². The monoisotopic (exact) mass is 253 g/mol. The zero-order chi connectivity index (χ0) is 13.2. The molecule has 94 valence electrons. The van der Waals surface area contributed by atoms with Crippen molar-refractivity contribution in [2.24, 2.45) is 0 Å². The Morgan fingerprint density at radius 2 is 1.79 bits per heavy atom. The van der Waals surface area contributed by atoms with E-state index in [-0.39, 0.29) is 5.75 Å². The molecule has 0 amide bonds. The lowest BCUT2D eigenvalue weighted by Gasteiger charge is -2.05. The Balaban J connectivity index is 2.14. The number of aromatic nitrogens is 3. The standard InChI is InChI=1S/C14H11N3O2/c1-2-19-10-7-8-14(18)13(9-10)17-15-11-5-3-4-6-12(11)16-17/h2-9,18H,1H2. The Kier molecular flexibility index (Phi) is 2.64. The lowest BCUT2D eigenvalue weighted by atomic mass is 10.3. The quantitative estimate of drug-likeness (QED) is 0.729. The average molecular weight is 253 g/mol. The summed E-state index contributed by atoms with van der Waals surface area (Å²) in [6.07, 6.45) is 1.32. The largest absolute Gasteiger partial charge is 0.506 e. The van der Waals surface area contributed by atoms with Crippen LogP contribution in [0.3, 0.4) is 0 Å². The van der Waals surface area contributed by atoms with Gasteiger partial charge in [-0.3, -0.25) is 0 Å². The molecule has 0 fully saturated rings. The summed E-state index contributed by atoms with van der Waals surface area (Å²) in [7, 11) is 0. The van der Waals surface area contributed by atoms with Crippen LogP contribution in [-0.4, -0.2) is 20.1 Å². The van der Waals surface area contributed by atoms with Crippen molar-refractivity contribution in [3.8, 4) is 17.2 Å². The van der Waals surface area contributed by atoms with Crippen molar-refractivity contribution in [3.05, 3.63) is 55.3 Å². The van der Waals surface area contributed by atoms with Gasteiger partial charge in [0, 0.05) is 6.07 Å². The minimum Gasteiger partial charge on any atom is -0.506 e. The molecule has 5 heteroatoms. The van der Waals surface area contributed by atoms with Crippen LogP contribution in [0.4, 0.5) is 0 Å². The summed E-state index contributed by atoms with van der Waals surface area (Å²) < 4.78 is 5.18. The summed E-state index contributed by atoms with van der Waals surface area (Å²) in [5, 5.41) is 18.5. The number of nitrogens with zero attached hydrogens (tertiary/aromatic N) is 3. The normalized spacial score (nSPS) is 10.5. The zero-order valence-corrected chi connectivity index (χ0v) is 10.0. The molecule has 3 rings (SSSR count). The number of fused-ring (bicyclic) bond motifs is 1. The molecule has 2 aromatic carbocycles. The van der Waals surface area contributed by atoms with Gasteiger partial charge in [0.2, 0.25) is 0 Å². The van der Waals surface area contributed by atoms with Crippen molar-refractivity contribution >= 4 is 11.0 Å². The SMILES string of the molecule is C=COc1ccc(O)c(-n2nc3ccccc3n2)c1. The highest BCUT2D eigenvalue weighted by molar-refractivity contribution is 5.73. The Morgan fingerprint density at radius 1 is 1.11 bits per heavy atom. The molecule has 0 atom stereocenters. The average Bonchev–Trinajstić information content (AvgIpc) is 2.85. The van der Waals surface area contributed by atoms with E-state index in [0.717, 1.165) is 11.0 Å². The third-order valence-electron chi connectivity index (χ3n) is 2.67. The van der Waals surface area contributed by atoms with Crippen molar-refractivity contribution in [1.29, 1.82) is 0 Å². The van der Waals surface area contributed by atoms with Gasteiger partial charge in [0.1, 0.15) is 28.2 Å². The first kappa shape index (κ1) is 11.3. The van der Waals surface area contributed by atoms with Crippen molar-refractivity contribution in [2.45, 2.75) is 0 Å². The molecule has 1 heterocycles. The van der Waals surface area contributed by atoms with E-state index in [1.54, 1.807) is 12.1 Å². The van der Waals surface area contributed by atoms with Gasteiger partial charge in [-0.05, 0) is 24.3 Å². The van der Waals surface area contributed by atoms with Crippen LogP contribution in [0.2, 0.25) is 0 Å². The molecule has 0 aliphatic carbocycles. The third-order valence-corrected chi connectivity index (χ3v) is 2.67. The minimum atomic E-state index is 0.0803. The van der Waals surface area contributed by atoms with E-state index in [1.807, 2.05) is 24.3 Å². The van der Waals surface area contributed by atoms with Gasteiger partial charge in [-0.1, -0.05) is 18.7 Å². The van der Waals surface area contributed by atoms with E-state index in [1.165, 1.54) is 17.1 Å². The van der Waals surface area contributed by atoms with E-state index >= 15 is 0 Å². The van der Waals surface area contributed by atoms with E-state index in [4.69, 9.17) is 4.74 Å². The number of hydrogen-bond acceptors (Lipinski definition) is 4. The van der Waals surface area contributed by atoms with Gasteiger partial charge in [0.05, 0.1) is 6.26 Å². The molecule has 0 saturated carbocycles. The van der Waals surface area contributed by atoms with Crippen molar-refractivity contribution in [3.63, 3.8) is 0 Å². The van der Waals surface area contributed by atoms with Gasteiger partial charge in [-0.25, -0.2) is 0 Å². The molecule has 5 nitrogen and oxygen atoms in total. The van der Waals surface area contributed by atoms with Crippen LogP contribution in [-0.2, 0) is 0 Å². The van der Waals surface area contributed by atoms with E-state index in [9.17, 15) is 5.11 Å². The number of aromatic hydroxyl groups is 1. The van der Waals surface area contributed by atoms with Gasteiger partial charge >= 0.3 is 0 Å². The molecule has 1 N–H and O–H groups in total. The van der Waals surface area contributed by atoms with Gasteiger partial charge in [-0.2, -0.15) is 0 Å². The zero-order valence-electron chi connectivity index (χ0n) is 10.0. The second kappa shape index (κ2) is 4.45. The first-order chi connectivity index (χ1) is 9.28. The molecule has 0 bridgehead atoms. The Labute approximate surface area is 109 Å². The van der Waals surface area contributed by atoms with E-state index in [2.05, 4.69) is 16.8 Å². The number of ether oxygens (including phenoxy) is 1. The molecule has 0 aliphatic rings. The van der Waals surface area contributed by atoms with Crippen LogP contribution in [0, 0.1) is 0 Å². The summed E-state index contributed by atoms with van der Waals surface area (Å²) in [5.74, 6) is 0.640. The molecule has 0 aliphatic heterocycles. The number of rotatable bonds is 3. The second-order valence-corrected chi connectivity index (χ2v) is 3.91. The number of phenols is 1. The summed E-state index contributed by atoms with van der Waals surface area (Å²) in [5.41, 5.74) is 1.98. The lowest BCUT2D eigenvalue weighted by Crippen LogP contribution is -1.99. The highest BCUT2D eigenvalue weighted by Gasteiger charge is 2.09. The Bertz CT molecular complexity index is 716. The molecule has 3 aromatic rings. The fourth-order valence-corrected chi connectivity index (χ4v) is 1.80. The number of benzene rings is 2. The van der Waals surface area contributed by atoms with Gasteiger partial charge in [-0.15, -0.1) is 15.0 Å². The maximum absolute atomic E-state index is 9.90. The van der Waals surface area contributed by atoms with E-state index in [0.29, 0.717) is 11.4 Å².